The fourth-order valence-electron chi connectivity index (χ4n) is 5.25. The number of rotatable bonds is 12. The molecule has 3 aromatic rings. The smallest absolute Gasteiger partial charge is 0.274 e. The average Bonchev–Trinajstić information content (AvgIpc) is 3.38. The number of alkyl halides is 1. The van der Waals surface area contributed by atoms with Crippen LogP contribution in [0.5, 0.6) is 5.19 Å². The summed E-state index contributed by atoms with van der Waals surface area (Å²) in [4.78, 5) is 16.1. The summed E-state index contributed by atoms with van der Waals surface area (Å²) in [7, 11) is -3.20. The van der Waals surface area contributed by atoms with Crippen molar-refractivity contribution in [2.24, 2.45) is 0 Å². The summed E-state index contributed by atoms with van der Waals surface area (Å²) in [5.41, 5.74) is 4.45. The highest BCUT2D eigenvalue weighted by molar-refractivity contribution is 9.09. The van der Waals surface area contributed by atoms with Gasteiger partial charge < -0.3 is 9.64 Å². The number of unbranched alkanes of at least 4 members (excludes halogenated alkanes) is 2. The zero-order valence-electron chi connectivity index (χ0n) is 23.1. The lowest BCUT2D eigenvalue weighted by Crippen LogP contribution is -2.39. The van der Waals surface area contributed by atoms with Crippen molar-refractivity contribution in [1.29, 1.82) is 0 Å². The highest BCUT2D eigenvalue weighted by Crippen LogP contribution is 2.33. The molecule has 0 atom stereocenters. The van der Waals surface area contributed by atoms with Crippen molar-refractivity contribution in [3.05, 3.63) is 47.8 Å². The number of hydrogen-bond acceptors (Lipinski definition) is 8. The maximum atomic E-state index is 12.7. The molecule has 2 aliphatic heterocycles. The van der Waals surface area contributed by atoms with Crippen molar-refractivity contribution in [1.82, 2.24) is 19.3 Å². The molecular weight excluding hydrogens is 610 g/mol. The molecule has 2 aliphatic rings. The Morgan fingerprint density at radius 3 is 2.60 bits per heavy atom. The number of fused-ring (bicyclic) bond motifs is 1. The molecule has 0 bridgehead atoms. The molecule has 0 spiro atoms. The number of hydrogen-bond donors (Lipinski definition) is 0. The van der Waals surface area contributed by atoms with E-state index in [9.17, 15) is 8.42 Å². The molecule has 5 rings (SSSR count). The number of thiazole rings is 1. The summed E-state index contributed by atoms with van der Waals surface area (Å²) in [6.45, 7) is 4.87. The first-order chi connectivity index (χ1) is 19.4. The van der Waals surface area contributed by atoms with E-state index in [1.807, 2.05) is 18.5 Å². The van der Waals surface area contributed by atoms with Crippen LogP contribution in [0.1, 0.15) is 63.0 Å². The van der Waals surface area contributed by atoms with Gasteiger partial charge in [-0.3, -0.25) is 0 Å². The Balaban J connectivity index is 1.15. The first-order valence-electron chi connectivity index (χ1n) is 14.3. The molecule has 1 saturated heterocycles. The van der Waals surface area contributed by atoms with Gasteiger partial charge in [-0.2, -0.15) is 4.31 Å². The van der Waals surface area contributed by atoms with Gasteiger partial charge in [0.1, 0.15) is 6.10 Å². The predicted octanol–water partition coefficient (Wildman–Crippen LogP) is 6.07. The molecular formula is C29H38BrN5O3S2. The van der Waals surface area contributed by atoms with Gasteiger partial charge in [0.25, 0.3) is 5.19 Å². The minimum absolute atomic E-state index is 0.129. The lowest BCUT2D eigenvalue weighted by Gasteiger charge is -2.31. The maximum Gasteiger partial charge on any atom is 0.274 e. The van der Waals surface area contributed by atoms with Crippen LogP contribution in [0.4, 0.5) is 5.95 Å². The molecule has 0 amide bonds. The molecule has 4 heterocycles. The Bertz CT molecular complexity index is 1400. The van der Waals surface area contributed by atoms with Crippen molar-refractivity contribution in [3.63, 3.8) is 0 Å². The molecule has 0 saturated carbocycles. The molecule has 40 heavy (non-hydrogen) atoms. The van der Waals surface area contributed by atoms with Gasteiger partial charge >= 0.3 is 0 Å². The number of piperidine rings is 1. The van der Waals surface area contributed by atoms with Gasteiger partial charge in [-0.15, -0.1) is 0 Å². The minimum Gasteiger partial charge on any atom is -0.467 e. The van der Waals surface area contributed by atoms with E-state index in [1.54, 1.807) is 15.6 Å². The molecule has 0 aliphatic carbocycles. The molecule has 1 fully saturated rings. The second-order valence-corrected chi connectivity index (χ2v) is 14.4. The van der Waals surface area contributed by atoms with E-state index >= 15 is 0 Å². The molecule has 0 radical (unpaired) electrons. The second kappa shape index (κ2) is 13.7. The lowest BCUT2D eigenvalue weighted by molar-refractivity contribution is 0.170. The Kier molecular flexibility index (Phi) is 10.1. The first-order valence-corrected chi connectivity index (χ1v) is 17.9. The van der Waals surface area contributed by atoms with E-state index in [4.69, 9.17) is 9.72 Å². The van der Waals surface area contributed by atoms with E-state index in [0.29, 0.717) is 24.7 Å². The van der Waals surface area contributed by atoms with E-state index < -0.39 is 10.0 Å². The van der Waals surface area contributed by atoms with Crippen LogP contribution in [0.15, 0.2) is 36.7 Å². The van der Waals surface area contributed by atoms with Crippen molar-refractivity contribution in [2.75, 3.05) is 42.2 Å². The summed E-state index contributed by atoms with van der Waals surface area (Å²) < 4.78 is 34.5. The lowest BCUT2D eigenvalue weighted by atomic mass is 10.0. The fourth-order valence-corrected chi connectivity index (χ4v) is 8.06. The van der Waals surface area contributed by atoms with Gasteiger partial charge in [-0.05, 0) is 54.5 Å². The van der Waals surface area contributed by atoms with Crippen LogP contribution < -0.4 is 9.64 Å². The van der Waals surface area contributed by atoms with Gasteiger partial charge in [0.15, 0.2) is 0 Å². The molecule has 216 valence electrons. The van der Waals surface area contributed by atoms with E-state index in [-0.39, 0.29) is 11.9 Å². The maximum absolute atomic E-state index is 12.7. The zero-order valence-corrected chi connectivity index (χ0v) is 26.3. The third-order valence-electron chi connectivity index (χ3n) is 7.56. The van der Waals surface area contributed by atoms with Crippen LogP contribution in [-0.4, -0.2) is 71.0 Å². The normalized spacial score (nSPS) is 17.4. The van der Waals surface area contributed by atoms with Crippen LogP contribution in [0.3, 0.4) is 0 Å². The number of halogens is 1. The number of benzene rings is 1. The zero-order chi connectivity index (χ0) is 28.0. The van der Waals surface area contributed by atoms with Crippen molar-refractivity contribution in [3.8, 4) is 5.19 Å². The molecule has 8 nitrogen and oxygen atoms in total. The summed E-state index contributed by atoms with van der Waals surface area (Å²) in [5.74, 6) is 1.03. The number of anilines is 1. The highest BCUT2D eigenvalue weighted by atomic mass is 79.9. The summed E-state index contributed by atoms with van der Waals surface area (Å²) in [6.07, 6.45) is 13.4. The van der Waals surface area contributed by atoms with Crippen LogP contribution in [0.2, 0.25) is 0 Å². The SMILES string of the molecule is CCCc1cnc(N2CCC(Oc3nc4ccc(C5=CCN(S(=O)(=O)CCCCCBr)CC5)cc4s3)CC2)nc1. The van der Waals surface area contributed by atoms with Crippen LogP contribution >= 0.6 is 27.3 Å². The summed E-state index contributed by atoms with van der Waals surface area (Å²) >= 11 is 4.99. The van der Waals surface area contributed by atoms with Gasteiger partial charge in [0.2, 0.25) is 16.0 Å². The van der Waals surface area contributed by atoms with Crippen molar-refractivity contribution in [2.45, 2.75) is 64.4 Å². The van der Waals surface area contributed by atoms with Gasteiger partial charge in [0.05, 0.1) is 16.0 Å². The summed E-state index contributed by atoms with van der Waals surface area (Å²) in [5, 5.41) is 1.63. The van der Waals surface area contributed by atoms with Crippen LogP contribution in [-0.2, 0) is 16.4 Å². The van der Waals surface area contributed by atoms with Crippen molar-refractivity contribution < 1.29 is 13.2 Å². The third-order valence-corrected chi connectivity index (χ3v) is 11.0. The number of aromatic nitrogens is 3. The molecule has 1 aromatic carbocycles. The van der Waals surface area contributed by atoms with Crippen LogP contribution in [0.25, 0.3) is 15.8 Å². The minimum atomic E-state index is -3.20. The van der Waals surface area contributed by atoms with Gasteiger partial charge in [-0.25, -0.2) is 23.4 Å². The van der Waals surface area contributed by atoms with Crippen LogP contribution in [0, 0.1) is 0 Å². The monoisotopic (exact) mass is 647 g/mol. The molecule has 0 N–H and O–H groups in total. The molecule has 2 aromatic heterocycles. The van der Waals surface area contributed by atoms with E-state index in [0.717, 1.165) is 85.1 Å². The standard InChI is InChI=1S/C29H38BrN5O3S2/c1-2-6-22-20-31-28(32-21-22)34-14-11-25(12-15-34)38-29-33-26-8-7-24(19-27(26)39-29)23-9-16-35(17-10-23)40(36,37)18-5-3-4-13-30/h7-9,19-21,25H,2-6,10-18H2,1H3. The Morgan fingerprint density at radius 2 is 1.90 bits per heavy atom. The molecule has 11 heteroatoms. The Labute approximate surface area is 250 Å². The first kappa shape index (κ1) is 29.4. The number of nitrogens with zero attached hydrogens (tertiary/aromatic N) is 5. The quantitative estimate of drug-likeness (QED) is 0.174. The molecule has 0 unspecified atom stereocenters. The number of sulfonamides is 1. The van der Waals surface area contributed by atoms with Crippen molar-refractivity contribution >= 4 is 59.0 Å². The number of ether oxygens (including phenoxy) is 1. The van der Waals surface area contributed by atoms with Gasteiger partial charge in [0, 0.05) is 56.7 Å². The highest BCUT2D eigenvalue weighted by Gasteiger charge is 2.25. The largest absolute Gasteiger partial charge is 0.467 e. The predicted molar refractivity (Wildman–Crippen MR) is 167 cm³/mol. The van der Waals surface area contributed by atoms with E-state index in [2.05, 4.69) is 55.9 Å². The van der Waals surface area contributed by atoms with E-state index in [1.165, 1.54) is 11.1 Å². The third kappa shape index (κ3) is 7.40. The second-order valence-electron chi connectivity index (χ2n) is 10.5. The summed E-state index contributed by atoms with van der Waals surface area (Å²) in [6, 6.07) is 6.30. The average molecular weight is 649 g/mol. The fraction of sp³-hybridized carbons (Fsp3) is 0.552. The van der Waals surface area contributed by atoms with Gasteiger partial charge in [-0.1, -0.05) is 59.2 Å². The topological polar surface area (TPSA) is 88.5 Å². The Morgan fingerprint density at radius 1 is 1.10 bits per heavy atom. The number of aryl methyl sites for hydroxylation is 1. The Hall–Kier alpha value is -2.08.